The van der Waals surface area contributed by atoms with Gasteiger partial charge in [-0.05, 0) is 23.8 Å². The Balaban J connectivity index is 2.16. The minimum absolute atomic E-state index is 0.739. The van der Waals surface area contributed by atoms with Crippen molar-refractivity contribution < 1.29 is 0 Å². The van der Waals surface area contributed by atoms with Gasteiger partial charge in [0.05, 0.1) is 4.88 Å². The van der Waals surface area contributed by atoms with Gasteiger partial charge in [-0.25, -0.2) is 4.98 Å². The van der Waals surface area contributed by atoms with Gasteiger partial charge in [-0.3, -0.25) is 0 Å². The van der Waals surface area contributed by atoms with Gasteiger partial charge in [0.2, 0.25) is 0 Å². The average molecular weight is 220 g/mol. The van der Waals surface area contributed by atoms with E-state index in [0.29, 0.717) is 0 Å². The highest BCUT2D eigenvalue weighted by molar-refractivity contribution is 7.13. The van der Waals surface area contributed by atoms with Gasteiger partial charge in [-0.2, -0.15) is 0 Å². The largest absolute Gasteiger partial charge is 0.330 e. The molecule has 2 aromatic heterocycles. The lowest BCUT2D eigenvalue weighted by molar-refractivity contribution is 0.519. The zero-order valence-corrected chi connectivity index (χ0v) is 10.00. The summed E-state index contributed by atoms with van der Waals surface area (Å²) in [6.07, 6.45) is 5.15. The topological polar surface area (TPSA) is 17.8 Å². The number of nitrogens with zero attached hydrogens (tertiary/aromatic N) is 2. The van der Waals surface area contributed by atoms with E-state index in [1.165, 1.54) is 11.3 Å². The van der Waals surface area contributed by atoms with Gasteiger partial charge < -0.3 is 4.57 Å². The van der Waals surface area contributed by atoms with E-state index in [2.05, 4.69) is 47.1 Å². The molecule has 2 heterocycles. The lowest BCUT2D eigenvalue weighted by Gasteiger charge is -2.08. The van der Waals surface area contributed by atoms with Crippen molar-refractivity contribution in [3.63, 3.8) is 0 Å². The molecule has 0 aliphatic heterocycles. The van der Waals surface area contributed by atoms with E-state index in [9.17, 15) is 0 Å². The fourth-order valence-corrected chi connectivity index (χ4v) is 2.25. The van der Waals surface area contributed by atoms with Crippen molar-refractivity contribution in [1.29, 1.82) is 0 Å². The molecule has 0 amide bonds. The fraction of sp³-hybridized carbons (Fsp3) is 0.417. The van der Waals surface area contributed by atoms with Crippen molar-refractivity contribution in [2.24, 2.45) is 5.92 Å². The normalized spacial score (nSPS) is 11.1. The second kappa shape index (κ2) is 4.62. The van der Waals surface area contributed by atoms with Gasteiger partial charge in [0.15, 0.2) is 0 Å². The molecule has 3 heteroatoms. The first kappa shape index (κ1) is 10.4. The van der Waals surface area contributed by atoms with Crippen molar-refractivity contribution in [2.75, 3.05) is 0 Å². The third-order valence-electron chi connectivity index (χ3n) is 2.40. The van der Waals surface area contributed by atoms with Gasteiger partial charge >= 0.3 is 0 Å². The molecule has 0 spiro atoms. The van der Waals surface area contributed by atoms with Crippen molar-refractivity contribution in [3.05, 3.63) is 29.9 Å². The summed E-state index contributed by atoms with van der Waals surface area (Å²) in [5.74, 6) is 1.84. The molecule has 2 aromatic rings. The molecule has 0 aromatic carbocycles. The zero-order valence-electron chi connectivity index (χ0n) is 9.18. The highest BCUT2D eigenvalue weighted by atomic mass is 32.1. The molecule has 0 radical (unpaired) electrons. The predicted octanol–water partition coefficient (Wildman–Crippen LogP) is 3.66. The van der Waals surface area contributed by atoms with Crippen molar-refractivity contribution in [3.8, 4) is 10.7 Å². The summed E-state index contributed by atoms with van der Waals surface area (Å²) in [4.78, 5) is 5.66. The highest BCUT2D eigenvalue weighted by Gasteiger charge is 2.06. The van der Waals surface area contributed by atoms with Gasteiger partial charge in [-0.1, -0.05) is 19.9 Å². The van der Waals surface area contributed by atoms with Crippen molar-refractivity contribution in [1.82, 2.24) is 9.55 Å². The van der Waals surface area contributed by atoms with Crippen LogP contribution >= 0.6 is 11.3 Å². The molecule has 0 aliphatic carbocycles. The maximum Gasteiger partial charge on any atom is 0.149 e. The summed E-state index contributed by atoms with van der Waals surface area (Å²) >= 11 is 1.75. The first-order valence-corrected chi connectivity index (χ1v) is 6.20. The zero-order chi connectivity index (χ0) is 10.7. The summed E-state index contributed by atoms with van der Waals surface area (Å²) in [6.45, 7) is 5.56. The van der Waals surface area contributed by atoms with Gasteiger partial charge in [0.1, 0.15) is 5.82 Å². The first-order valence-electron chi connectivity index (χ1n) is 5.32. The maximum absolute atomic E-state index is 4.41. The van der Waals surface area contributed by atoms with Crippen LogP contribution in [-0.4, -0.2) is 9.55 Å². The van der Waals surface area contributed by atoms with Crippen LogP contribution in [0.15, 0.2) is 29.9 Å². The minimum Gasteiger partial charge on any atom is -0.330 e. The van der Waals surface area contributed by atoms with E-state index >= 15 is 0 Å². The number of hydrogen-bond acceptors (Lipinski definition) is 2. The molecule has 0 saturated heterocycles. The van der Waals surface area contributed by atoms with Gasteiger partial charge in [0, 0.05) is 18.9 Å². The number of imidazole rings is 1. The summed E-state index contributed by atoms with van der Waals surface area (Å²) in [6, 6.07) is 4.19. The fourth-order valence-electron chi connectivity index (χ4n) is 1.52. The molecule has 0 bridgehead atoms. The second-order valence-electron chi connectivity index (χ2n) is 4.10. The average Bonchev–Trinajstić information content (AvgIpc) is 2.85. The van der Waals surface area contributed by atoms with Crippen molar-refractivity contribution in [2.45, 2.75) is 26.8 Å². The van der Waals surface area contributed by atoms with Crippen LogP contribution in [0.3, 0.4) is 0 Å². The smallest absolute Gasteiger partial charge is 0.149 e. The number of thiophene rings is 1. The Morgan fingerprint density at radius 2 is 2.33 bits per heavy atom. The molecule has 80 valence electrons. The number of aromatic nitrogens is 2. The predicted molar refractivity (Wildman–Crippen MR) is 65.0 cm³/mol. The molecule has 0 aliphatic rings. The van der Waals surface area contributed by atoms with Crippen LogP contribution in [0, 0.1) is 5.92 Å². The highest BCUT2D eigenvalue weighted by Crippen LogP contribution is 2.23. The van der Waals surface area contributed by atoms with E-state index in [-0.39, 0.29) is 0 Å². The molecular weight excluding hydrogens is 204 g/mol. The van der Waals surface area contributed by atoms with Gasteiger partial charge in [0.25, 0.3) is 0 Å². The number of aryl methyl sites for hydroxylation is 1. The van der Waals surface area contributed by atoms with Crippen LogP contribution in [0.2, 0.25) is 0 Å². The Morgan fingerprint density at radius 3 is 3.00 bits per heavy atom. The standard InChI is InChI=1S/C12H16N2S/c1-10(2)5-7-14-8-6-13-12(14)11-4-3-9-15-11/h3-4,6,8-10H,5,7H2,1-2H3. The molecule has 0 N–H and O–H groups in total. The first-order chi connectivity index (χ1) is 7.27. The molecular formula is C12H16N2S. The Labute approximate surface area is 94.6 Å². The van der Waals surface area contributed by atoms with Crippen LogP contribution < -0.4 is 0 Å². The van der Waals surface area contributed by atoms with Crippen LogP contribution in [0.4, 0.5) is 0 Å². The van der Waals surface area contributed by atoms with Crippen LogP contribution in [0.5, 0.6) is 0 Å². The third-order valence-corrected chi connectivity index (χ3v) is 3.27. The van der Waals surface area contributed by atoms with E-state index in [1.54, 1.807) is 11.3 Å². The second-order valence-corrected chi connectivity index (χ2v) is 5.05. The van der Waals surface area contributed by atoms with Crippen LogP contribution in [0.25, 0.3) is 10.7 Å². The third kappa shape index (κ3) is 2.48. The lowest BCUT2D eigenvalue weighted by atomic mass is 10.1. The summed E-state index contributed by atoms with van der Waals surface area (Å²) in [5.41, 5.74) is 0. The van der Waals surface area contributed by atoms with Gasteiger partial charge in [-0.15, -0.1) is 11.3 Å². The maximum atomic E-state index is 4.41. The van der Waals surface area contributed by atoms with Crippen LogP contribution in [0.1, 0.15) is 20.3 Å². The lowest BCUT2D eigenvalue weighted by Crippen LogP contribution is -2.01. The van der Waals surface area contributed by atoms with Crippen molar-refractivity contribution >= 4 is 11.3 Å². The summed E-state index contributed by atoms with van der Waals surface area (Å²) in [7, 11) is 0. The summed E-state index contributed by atoms with van der Waals surface area (Å²) < 4.78 is 2.24. The SMILES string of the molecule is CC(C)CCn1ccnc1-c1cccs1. The number of rotatable bonds is 4. The molecule has 2 nitrogen and oxygen atoms in total. The van der Waals surface area contributed by atoms with E-state index < -0.39 is 0 Å². The van der Waals surface area contributed by atoms with Crippen LogP contribution in [-0.2, 0) is 6.54 Å². The molecule has 15 heavy (non-hydrogen) atoms. The van der Waals surface area contributed by atoms with E-state index in [1.807, 2.05) is 6.20 Å². The molecule has 2 rings (SSSR count). The number of hydrogen-bond donors (Lipinski definition) is 0. The molecule has 0 saturated carbocycles. The molecule has 0 atom stereocenters. The summed E-state index contributed by atoms with van der Waals surface area (Å²) in [5, 5.41) is 2.09. The van der Waals surface area contributed by atoms with E-state index in [4.69, 9.17) is 0 Å². The Bertz CT molecular complexity index is 401. The Kier molecular flexibility index (Phi) is 3.21. The molecule has 0 unspecified atom stereocenters. The Morgan fingerprint density at radius 1 is 1.47 bits per heavy atom. The monoisotopic (exact) mass is 220 g/mol. The Hall–Kier alpha value is -1.09. The molecule has 0 fully saturated rings. The quantitative estimate of drug-likeness (QED) is 0.769. The minimum atomic E-state index is 0.739. The van der Waals surface area contributed by atoms with E-state index in [0.717, 1.165) is 18.3 Å².